The van der Waals surface area contributed by atoms with E-state index in [-0.39, 0.29) is 5.60 Å². The van der Waals surface area contributed by atoms with Crippen LogP contribution in [0.5, 0.6) is 0 Å². The Balaban J connectivity index is 1.66. The Labute approximate surface area is 129 Å². The third-order valence-corrected chi connectivity index (χ3v) is 5.42. The Morgan fingerprint density at radius 2 is 2.30 bits per heavy atom. The zero-order valence-corrected chi connectivity index (χ0v) is 13.4. The molecule has 1 aliphatic carbocycles. The third kappa shape index (κ3) is 3.08. The smallest absolute Gasteiger partial charge is 0.0685 e. The van der Waals surface area contributed by atoms with Gasteiger partial charge in [-0.15, -0.1) is 0 Å². The van der Waals surface area contributed by atoms with Crippen molar-refractivity contribution in [3.8, 4) is 0 Å². The van der Waals surface area contributed by atoms with Crippen LogP contribution in [0.1, 0.15) is 37.7 Å². The molecule has 2 aliphatic rings. The van der Waals surface area contributed by atoms with Crippen LogP contribution in [0.15, 0.2) is 28.7 Å². The maximum atomic E-state index is 6.02. The topological polar surface area (TPSA) is 47.3 Å². The van der Waals surface area contributed by atoms with Crippen molar-refractivity contribution >= 4 is 15.9 Å². The van der Waals surface area contributed by atoms with Crippen molar-refractivity contribution in [1.82, 2.24) is 5.43 Å². The fraction of sp³-hybridized carbons (Fsp3) is 0.625. The van der Waals surface area contributed by atoms with Crippen molar-refractivity contribution < 1.29 is 4.74 Å². The highest BCUT2D eigenvalue weighted by Gasteiger charge is 2.44. The molecule has 110 valence electrons. The number of rotatable bonds is 4. The first kappa shape index (κ1) is 14.5. The summed E-state index contributed by atoms with van der Waals surface area (Å²) >= 11 is 3.54. The molecule has 2 unspecified atom stereocenters. The van der Waals surface area contributed by atoms with Gasteiger partial charge >= 0.3 is 0 Å². The fourth-order valence-corrected chi connectivity index (χ4v) is 4.05. The minimum atomic E-state index is 0.190. The first-order valence-corrected chi connectivity index (χ1v) is 8.35. The molecule has 1 aliphatic heterocycles. The minimum absolute atomic E-state index is 0.190. The van der Waals surface area contributed by atoms with Crippen LogP contribution in [0.4, 0.5) is 0 Å². The minimum Gasteiger partial charge on any atom is -0.375 e. The average Bonchev–Trinajstić information content (AvgIpc) is 2.43. The number of ether oxygens (including phenoxy) is 1. The van der Waals surface area contributed by atoms with Crippen molar-refractivity contribution in [3.05, 3.63) is 34.3 Å². The molecule has 1 spiro atoms. The molecule has 2 fully saturated rings. The molecule has 0 bridgehead atoms. The second kappa shape index (κ2) is 6.14. The maximum Gasteiger partial charge on any atom is 0.0685 e. The van der Waals surface area contributed by atoms with Crippen LogP contribution in [0, 0.1) is 5.92 Å². The Bertz CT molecular complexity index is 462. The van der Waals surface area contributed by atoms with Gasteiger partial charge in [0.25, 0.3) is 0 Å². The van der Waals surface area contributed by atoms with Gasteiger partial charge in [0.1, 0.15) is 0 Å². The summed E-state index contributed by atoms with van der Waals surface area (Å²) in [5.41, 5.74) is 4.57. The van der Waals surface area contributed by atoms with Crippen molar-refractivity contribution in [1.29, 1.82) is 0 Å². The van der Waals surface area contributed by atoms with E-state index in [1.54, 1.807) is 0 Å². The fourth-order valence-electron chi connectivity index (χ4n) is 3.61. The average molecular weight is 339 g/mol. The van der Waals surface area contributed by atoms with Gasteiger partial charge in [0.15, 0.2) is 0 Å². The highest BCUT2D eigenvalue weighted by atomic mass is 79.9. The molecule has 1 aromatic rings. The molecule has 20 heavy (non-hydrogen) atoms. The predicted octanol–water partition coefficient (Wildman–Crippen LogP) is 3.17. The lowest BCUT2D eigenvalue weighted by molar-refractivity contribution is -0.147. The number of nitrogens with one attached hydrogen (secondary N) is 1. The summed E-state index contributed by atoms with van der Waals surface area (Å²) in [6.07, 6.45) is 7.05. The number of hydrogen-bond acceptors (Lipinski definition) is 3. The maximum absolute atomic E-state index is 6.02. The van der Waals surface area contributed by atoms with Crippen LogP contribution in [-0.2, 0) is 11.2 Å². The summed E-state index contributed by atoms with van der Waals surface area (Å²) in [4.78, 5) is 0. The second-order valence-corrected chi connectivity index (χ2v) is 7.16. The van der Waals surface area contributed by atoms with E-state index in [2.05, 4.69) is 45.6 Å². The monoisotopic (exact) mass is 338 g/mol. The highest BCUT2D eigenvalue weighted by Crippen LogP contribution is 2.45. The third-order valence-electron chi connectivity index (χ3n) is 4.92. The Hall–Kier alpha value is -0.420. The van der Waals surface area contributed by atoms with Gasteiger partial charge in [-0.3, -0.25) is 11.3 Å². The molecule has 1 heterocycles. The number of hydrogen-bond donors (Lipinski definition) is 2. The number of nitrogens with two attached hydrogens (primary N) is 1. The molecule has 3 rings (SSSR count). The molecule has 3 N–H and O–H groups in total. The van der Waals surface area contributed by atoms with E-state index >= 15 is 0 Å². The van der Waals surface area contributed by atoms with Gasteiger partial charge in [-0.1, -0.05) is 28.1 Å². The van der Waals surface area contributed by atoms with E-state index < -0.39 is 0 Å². The molecule has 0 radical (unpaired) electrons. The molecule has 3 nitrogen and oxygen atoms in total. The Morgan fingerprint density at radius 3 is 2.95 bits per heavy atom. The normalized spacial score (nSPS) is 26.2. The first-order chi connectivity index (χ1) is 9.71. The molecule has 1 saturated carbocycles. The van der Waals surface area contributed by atoms with Crippen LogP contribution < -0.4 is 11.3 Å². The van der Waals surface area contributed by atoms with Gasteiger partial charge in [0.2, 0.25) is 0 Å². The van der Waals surface area contributed by atoms with Crippen LogP contribution in [0.3, 0.4) is 0 Å². The van der Waals surface area contributed by atoms with Crippen molar-refractivity contribution in [3.63, 3.8) is 0 Å². The van der Waals surface area contributed by atoms with Gasteiger partial charge in [-0.25, -0.2) is 0 Å². The summed E-state index contributed by atoms with van der Waals surface area (Å²) < 4.78 is 7.15. The van der Waals surface area contributed by atoms with Crippen LogP contribution in [0.2, 0.25) is 0 Å². The van der Waals surface area contributed by atoms with Crippen molar-refractivity contribution in [2.24, 2.45) is 11.8 Å². The van der Waals surface area contributed by atoms with E-state index in [0.717, 1.165) is 30.3 Å². The summed E-state index contributed by atoms with van der Waals surface area (Å²) in [6, 6.07) is 8.85. The summed E-state index contributed by atoms with van der Waals surface area (Å²) in [7, 11) is 0. The van der Waals surface area contributed by atoms with Crippen LogP contribution in [0.25, 0.3) is 0 Å². The summed E-state index contributed by atoms with van der Waals surface area (Å²) in [6.45, 7) is 0.890. The lowest BCUT2D eigenvalue weighted by atomic mass is 9.70. The quantitative estimate of drug-likeness (QED) is 0.654. The first-order valence-electron chi connectivity index (χ1n) is 7.55. The van der Waals surface area contributed by atoms with Gasteiger partial charge in [0.05, 0.1) is 5.60 Å². The second-order valence-electron chi connectivity index (χ2n) is 6.25. The molecule has 2 atom stereocenters. The van der Waals surface area contributed by atoms with Crippen molar-refractivity contribution in [2.45, 2.75) is 50.2 Å². The molecular formula is C16H23BrN2O. The Kier molecular flexibility index (Phi) is 4.46. The van der Waals surface area contributed by atoms with E-state index in [0.29, 0.717) is 12.0 Å². The van der Waals surface area contributed by atoms with Gasteiger partial charge in [-0.2, -0.15) is 0 Å². The van der Waals surface area contributed by atoms with Gasteiger partial charge < -0.3 is 4.74 Å². The van der Waals surface area contributed by atoms with Gasteiger partial charge in [0, 0.05) is 17.1 Å². The largest absolute Gasteiger partial charge is 0.375 e. The van der Waals surface area contributed by atoms with E-state index in [9.17, 15) is 0 Å². The summed E-state index contributed by atoms with van der Waals surface area (Å²) in [5, 5.41) is 0. The molecule has 0 aromatic heterocycles. The lowest BCUT2D eigenvalue weighted by Gasteiger charge is -2.48. The number of benzene rings is 1. The van der Waals surface area contributed by atoms with E-state index in [4.69, 9.17) is 10.6 Å². The standard InChI is InChI=1S/C16H23BrN2O/c17-14-4-1-3-12(9-14)10-15(19-18)13-5-8-20-16(11-13)6-2-7-16/h1,3-4,9,13,15,19H,2,5-8,10-11,18H2. The van der Waals surface area contributed by atoms with Gasteiger partial charge in [-0.05, 0) is 62.1 Å². The van der Waals surface area contributed by atoms with Crippen LogP contribution >= 0.6 is 15.9 Å². The molecular weight excluding hydrogens is 316 g/mol. The zero-order chi connectivity index (χ0) is 14.0. The molecule has 1 aromatic carbocycles. The van der Waals surface area contributed by atoms with Crippen molar-refractivity contribution in [2.75, 3.05) is 6.61 Å². The Morgan fingerprint density at radius 1 is 1.45 bits per heavy atom. The SMILES string of the molecule is NNC(Cc1cccc(Br)c1)C1CCOC2(CCC2)C1. The zero-order valence-electron chi connectivity index (χ0n) is 11.8. The van der Waals surface area contributed by atoms with E-state index in [1.807, 2.05) is 0 Å². The molecule has 0 amide bonds. The highest BCUT2D eigenvalue weighted by molar-refractivity contribution is 9.10. The van der Waals surface area contributed by atoms with Crippen LogP contribution in [-0.4, -0.2) is 18.2 Å². The lowest BCUT2D eigenvalue weighted by Crippen LogP contribution is -2.52. The predicted molar refractivity (Wildman–Crippen MR) is 84.2 cm³/mol. The molecule has 1 saturated heterocycles. The molecule has 4 heteroatoms. The summed E-state index contributed by atoms with van der Waals surface area (Å²) in [5.74, 6) is 6.45. The number of hydrazine groups is 1. The number of halogens is 1. The van der Waals surface area contributed by atoms with E-state index in [1.165, 1.54) is 24.8 Å².